The van der Waals surface area contributed by atoms with Crippen molar-refractivity contribution in [3.05, 3.63) is 18.2 Å². The number of carbonyl (C=O) groups is 1. The Labute approximate surface area is 138 Å². The Morgan fingerprint density at radius 3 is 2.91 bits per heavy atom. The molecule has 6 heteroatoms. The van der Waals surface area contributed by atoms with E-state index in [0.717, 1.165) is 25.2 Å². The molecule has 0 radical (unpaired) electrons. The Balaban J connectivity index is 1.88. The van der Waals surface area contributed by atoms with E-state index in [2.05, 4.69) is 16.5 Å². The average molecular weight is 323 g/mol. The third kappa shape index (κ3) is 4.96. The summed E-state index contributed by atoms with van der Waals surface area (Å²) in [6.45, 7) is 9.81. The number of aryl methyl sites for hydroxylation is 1. The number of aliphatic hydroxyl groups excluding tert-OH is 1. The SMILES string of the molecule is CCCn1ccnc1CC(O)C1CCN(C(=O)OC(C)(C)C)C1. The van der Waals surface area contributed by atoms with Crippen molar-refractivity contribution >= 4 is 6.09 Å². The summed E-state index contributed by atoms with van der Waals surface area (Å²) < 4.78 is 7.48. The zero-order valence-electron chi connectivity index (χ0n) is 14.7. The topological polar surface area (TPSA) is 67.6 Å². The third-order valence-electron chi connectivity index (χ3n) is 4.08. The second kappa shape index (κ2) is 7.34. The van der Waals surface area contributed by atoms with Crippen molar-refractivity contribution in [2.24, 2.45) is 5.92 Å². The van der Waals surface area contributed by atoms with Crippen LogP contribution in [0, 0.1) is 5.92 Å². The predicted octanol–water partition coefficient (Wildman–Crippen LogP) is 2.45. The molecule has 0 bridgehead atoms. The van der Waals surface area contributed by atoms with E-state index in [4.69, 9.17) is 4.74 Å². The van der Waals surface area contributed by atoms with Gasteiger partial charge in [0.1, 0.15) is 11.4 Å². The van der Waals surface area contributed by atoms with Crippen molar-refractivity contribution in [2.45, 2.75) is 65.2 Å². The van der Waals surface area contributed by atoms with E-state index in [0.29, 0.717) is 19.5 Å². The summed E-state index contributed by atoms with van der Waals surface area (Å²) in [6, 6.07) is 0. The van der Waals surface area contributed by atoms with Crippen LogP contribution in [0.3, 0.4) is 0 Å². The van der Waals surface area contributed by atoms with Gasteiger partial charge < -0.3 is 19.3 Å². The highest BCUT2D eigenvalue weighted by molar-refractivity contribution is 5.68. The van der Waals surface area contributed by atoms with Crippen LogP contribution in [0.2, 0.25) is 0 Å². The highest BCUT2D eigenvalue weighted by Gasteiger charge is 2.33. The molecule has 1 N–H and O–H groups in total. The molecule has 1 aliphatic heterocycles. The van der Waals surface area contributed by atoms with Crippen LogP contribution in [0.25, 0.3) is 0 Å². The minimum Gasteiger partial charge on any atom is -0.444 e. The van der Waals surface area contributed by atoms with Gasteiger partial charge in [-0.1, -0.05) is 6.92 Å². The number of aliphatic hydroxyl groups is 1. The van der Waals surface area contributed by atoms with Crippen LogP contribution in [-0.2, 0) is 17.7 Å². The van der Waals surface area contributed by atoms with Gasteiger partial charge in [-0.25, -0.2) is 9.78 Å². The molecule has 1 fully saturated rings. The number of hydrogen-bond donors (Lipinski definition) is 1. The lowest BCUT2D eigenvalue weighted by Gasteiger charge is -2.25. The Kier molecular flexibility index (Phi) is 5.68. The fourth-order valence-electron chi connectivity index (χ4n) is 2.92. The van der Waals surface area contributed by atoms with Gasteiger partial charge in [0.2, 0.25) is 0 Å². The standard InChI is InChI=1S/C17H29N3O3/c1-5-8-19-10-7-18-15(19)11-14(21)13-6-9-20(12-13)16(22)23-17(2,3)4/h7,10,13-14,21H,5-6,8-9,11-12H2,1-4H3. The second-order valence-electron chi connectivity index (χ2n) is 7.28. The number of amides is 1. The van der Waals surface area contributed by atoms with E-state index in [1.807, 2.05) is 27.0 Å². The van der Waals surface area contributed by atoms with E-state index in [-0.39, 0.29) is 12.0 Å². The van der Waals surface area contributed by atoms with E-state index < -0.39 is 11.7 Å². The van der Waals surface area contributed by atoms with Crippen LogP contribution in [0.15, 0.2) is 12.4 Å². The third-order valence-corrected chi connectivity index (χ3v) is 4.08. The number of imidazole rings is 1. The average Bonchev–Trinajstić information content (AvgIpc) is 3.07. The van der Waals surface area contributed by atoms with Crippen molar-refractivity contribution < 1.29 is 14.6 Å². The smallest absolute Gasteiger partial charge is 0.410 e. The lowest BCUT2D eigenvalue weighted by Crippen LogP contribution is -2.36. The van der Waals surface area contributed by atoms with Gasteiger partial charge in [-0.05, 0) is 33.6 Å². The first-order valence-electron chi connectivity index (χ1n) is 8.46. The van der Waals surface area contributed by atoms with Gasteiger partial charge in [-0.15, -0.1) is 0 Å². The van der Waals surface area contributed by atoms with E-state index in [1.165, 1.54) is 0 Å². The van der Waals surface area contributed by atoms with Crippen LogP contribution < -0.4 is 0 Å². The molecule has 2 heterocycles. The summed E-state index contributed by atoms with van der Waals surface area (Å²) in [5.41, 5.74) is -0.487. The van der Waals surface area contributed by atoms with Crippen LogP contribution in [-0.4, -0.2) is 50.4 Å². The van der Waals surface area contributed by atoms with Crippen molar-refractivity contribution in [3.63, 3.8) is 0 Å². The van der Waals surface area contributed by atoms with Crippen molar-refractivity contribution in [2.75, 3.05) is 13.1 Å². The molecule has 1 aromatic heterocycles. The van der Waals surface area contributed by atoms with Gasteiger partial charge in [-0.2, -0.15) is 0 Å². The molecule has 1 aliphatic rings. The van der Waals surface area contributed by atoms with Gasteiger partial charge in [0.25, 0.3) is 0 Å². The number of nitrogens with zero attached hydrogens (tertiary/aromatic N) is 3. The van der Waals surface area contributed by atoms with Crippen LogP contribution in [0.5, 0.6) is 0 Å². The maximum atomic E-state index is 12.1. The summed E-state index contributed by atoms with van der Waals surface area (Å²) in [4.78, 5) is 18.1. The van der Waals surface area contributed by atoms with Gasteiger partial charge >= 0.3 is 6.09 Å². The quantitative estimate of drug-likeness (QED) is 0.904. The largest absolute Gasteiger partial charge is 0.444 e. The molecule has 1 amide bonds. The predicted molar refractivity (Wildman–Crippen MR) is 88.1 cm³/mol. The first-order chi connectivity index (χ1) is 10.8. The normalized spacial score (nSPS) is 19.9. The van der Waals surface area contributed by atoms with Crippen molar-refractivity contribution in [1.29, 1.82) is 0 Å². The fourth-order valence-corrected chi connectivity index (χ4v) is 2.92. The zero-order chi connectivity index (χ0) is 17.0. The van der Waals surface area contributed by atoms with Crippen molar-refractivity contribution in [3.8, 4) is 0 Å². The molecule has 23 heavy (non-hydrogen) atoms. The number of likely N-dealkylation sites (tertiary alicyclic amines) is 1. The number of aromatic nitrogens is 2. The second-order valence-corrected chi connectivity index (χ2v) is 7.28. The molecular formula is C17H29N3O3. The first kappa shape index (κ1) is 17.8. The molecule has 2 unspecified atom stereocenters. The molecule has 0 saturated carbocycles. The minimum absolute atomic E-state index is 0.0781. The highest BCUT2D eigenvalue weighted by Crippen LogP contribution is 2.23. The highest BCUT2D eigenvalue weighted by atomic mass is 16.6. The molecule has 2 rings (SSSR count). The molecule has 0 aromatic carbocycles. The first-order valence-corrected chi connectivity index (χ1v) is 8.46. The van der Waals surface area contributed by atoms with E-state index >= 15 is 0 Å². The molecule has 2 atom stereocenters. The summed E-state index contributed by atoms with van der Waals surface area (Å²) >= 11 is 0. The maximum absolute atomic E-state index is 12.1. The van der Waals surface area contributed by atoms with Gasteiger partial charge in [0.15, 0.2) is 0 Å². The Morgan fingerprint density at radius 2 is 2.26 bits per heavy atom. The summed E-state index contributed by atoms with van der Waals surface area (Å²) in [5, 5.41) is 10.5. The van der Waals surface area contributed by atoms with E-state index in [1.54, 1.807) is 11.1 Å². The molecular weight excluding hydrogens is 294 g/mol. The summed E-state index contributed by atoms with van der Waals surface area (Å²) in [5.74, 6) is 0.990. The van der Waals surface area contributed by atoms with Crippen molar-refractivity contribution in [1.82, 2.24) is 14.5 Å². The lowest BCUT2D eigenvalue weighted by atomic mass is 9.99. The fraction of sp³-hybridized carbons (Fsp3) is 0.765. The van der Waals surface area contributed by atoms with Crippen LogP contribution in [0.1, 0.15) is 46.4 Å². The number of hydrogen-bond acceptors (Lipinski definition) is 4. The van der Waals surface area contributed by atoms with E-state index in [9.17, 15) is 9.90 Å². The molecule has 0 spiro atoms. The zero-order valence-corrected chi connectivity index (χ0v) is 14.7. The molecule has 130 valence electrons. The number of carbonyl (C=O) groups excluding carboxylic acids is 1. The molecule has 1 aromatic rings. The minimum atomic E-state index is -0.487. The molecule has 1 saturated heterocycles. The van der Waals surface area contributed by atoms with Crippen LogP contribution >= 0.6 is 0 Å². The molecule has 6 nitrogen and oxygen atoms in total. The summed E-state index contributed by atoms with van der Waals surface area (Å²) in [7, 11) is 0. The van der Waals surface area contributed by atoms with Gasteiger partial charge in [0, 0.05) is 44.4 Å². The number of rotatable bonds is 5. The van der Waals surface area contributed by atoms with Gasteiger partial charge in [-0.3, -0.25) is 0 Å². The number of ether oxygens (including phenoxy) is 1. The molecule has 0 aliphatic carbocycles. The Bertz CT molecular complexity index is 521. The van der Waals surface area contributed by atoms with Gasteiger partial charge in [0.05, 0.1) is 6.10 Å². The van der Waals surface area contributed by atoms with Crippen LogP contribution in [0.4, 0.5) is 4.79 Å². The maximum Gasteiger partial charge on any atom is 0.410 e. The Morgan fingerprint density at radius 1 is 1.52 bits per heavy atom. The Hall–Kier alpha value is -1.56. The lowest BCUT2D eigenvalue weighted by molar-refractivity contribution is 0.0268. The monoisotopic (exact) mass is 323 g/mol. The summed E-state index contributed by atoms with van der Waals surface area (Å²) in [6.07, 6.45) is 5.32.